The van der Waals surface area contributed by atoms with Gasteiger partial charge in [-0.3, -0.25) is 28.9 Å². The Bertz CT molecular complexity index is 869. The number of hydrogen-bond donors (Lipinski definition) is 4. The van der Waals surface area contributed by atoms with E-state index < -0.39 is 29.8 Å². The van der Waals surface area contributed by atoms with Crippen LogP contribution in [0.5, 0.6) is 0 Å². The molecule has 0 unspecified atom stereocenters. The summed E-state index contributed by atoms with van der Waals surface area (Å²) in [6.07, 6.45) is 8.30. The van der Waals surface area contributed by atoms with E-state index in [0.717, 1.165) is 48.3 Å². The van der Waals surface area contributed by atoms with E-state index in [1.54, 1.807) is 0 Å². The maximum absolute atomic E-state index is 10.4. The largest absolute Gasteiger partial charge is 0.481 e. The van der Waals surface area contributed by atoms with Gasteiger partial charge >= 0.3 is 23.9 Å². The Morgan fingerprint density at radius 1 is 0.676 bits per heavy atom. The first kappa shape index (κ1) is 39.2. The maximum atomic E-state index is 10.4. The number of hydrogen-bond acceptors (Lipinski definition) is 11. The second-order valence-corrected chi connectivity index (χ2v) is 5.73. The molecule has 0 saturated heterocycles. The minimum Gasteiger partial charge on any atom is -0.481 e. The number of amides is 2. The fourth-order valence-electron chi connectivity index (χ4n) is 1.16. The number of imide groups is 1. The van der Waals surface area contributed by atoms with E-state index in [2.05, 4.69) is 10.5 Å². The van der Waals surface area contributed by atoms with Gasteiger partial charge < -0.3 is 25.8 Å². The van der Waals surface area contributed by atoms with E-state index in [1.165, 1.54) is 40.1 Å². The first-order chi connectivity index (χ1) is 17.0. The number of allylic oxidation sites excluding steroid dienone is 2. The first-order valence-corrected chi connectivity index (χ1v) is 9.53. The minimum absolute atomic E-state index is 0.241. The van der Waals surface area contributed by atoms with Gasteiger partial charge in [0.15, 0.2) is 11.6 Å². The Hall–Kier alpha value is -5.05. The van der Waals surface area contributed by atoms with Crippen molar-refractivity contribution in [3.63, 3.8) is 0 Å². The van der Waals surface area contributed by atoms with Crippen LogP contribution in [0.2, 0.25) is 0 Å². The lowest BCUT2D eigenvalue weighted by Gasteiger charge is -2.01. The number of carbonyl (C=O) groups is 9. The topological polar surface area (TPSA) is 253 Å². The molecule has 0 radical (unpaired) electrons. The summed E-state index contributed by atoms with van der Waals surface area (Å²) in [4.78, 5) is 90.0. The molecule has 0 saturated carbocycles. The summed E-state index contributed by atoms with van der Waals surface area (Å²) in [6, 6.07) is 0. The molecule has 0 fully saturated rings. The minimum atomic E-state index is -1.10. The molecule has 0 aromatic heterocycles. The molecule has 2 aliphatic rings. The number of carbonyl (C=O) groups excluding carboxylic acids is 6. The molecule has 15 heteroatoms. The monoisotopic (exact) mass is 528 g/mol. The Balaban J connectivity index is -0.000000183. The number of carboxylic acids is 3. The van der Waals surface area contributed by atoms with Gasteiger partial charge in [0.05, 0.1) is 0 Å². The summed E-state index contributed by atoms with van der Waals surface area (Å²) in [7, 11) is 2.95. The van der Waals surface area contributed by atoms with Gasteiger partial charge in [0, 0.05) is 50.4 Å². The fourth-order valence-corrected chi connectivity index (χ4v) is 1.16. The van der Waals surface area contributed by atoms with Crippen LogP contribution in [0, 0.1) is 0 Å². The fraction of sp³-hybridized carbons (Fsp3) is 0.227. The lowest BCUT2D eigenvalue weighted by atomic mass is 10.4. The van der Waals surface area contributed by atoms with Gasteiger partial charge in [-0.05, 0) is 33.0 Å². The smallest absolute Gasteiger partial charge is 0.338 e. The summed E-state index contributed by atoms with van der Waals surface area (Å²) in [5.41, 5.74) is 4.50. The van der Waals surface area contributed by atoms with E-state index >= 15 is 0 Å². The van der Waals surface area contributed by atoms with Gasteiger partial charge in [-0.25, -0.2) is 19.2 Å². The molecule has 0 aliphatic carbocycles. The zero-order valence-corrected chi connectivity index (χ0v) is 20.6. The van der Waals surface area contributed by atoms with Crippen LogP contribution < -0.4 is 5.73 Å². The second kappa shape index (κ2) is 24.1. The summed E-state index contributed by atoms with van der Waals surface area (Å²) in [5, 5.41) is 23.3. The Morgan fingerprint density at radius 2 is 0.946 bits per heavy atom. The van der Waals surface area contributed by atoms with Gasteiger partial charge in [0.1, 0.15) is 0 Å². The Labute approximate surface area is 211 Å². The molecule has 2 aliphatic heterocycles. The molecule has 0 aromatic carbocycles. The predicted octanol–water partition coefficient (Wildman–Crippen LogP) is -0.735. The molecular formula is C22H28N2O13. The molecule has 0 atom stereocenters. The number of nitrogens with two attached hydrogens (primary N) is 1. The number of esters is 2. The zero-order chi connectivity index (χ0) is 30.1. The van der Waals surface area contributed by atoms with Crippen LogP contribution in [0.25, 0.3) is 0 Å². The predicted molar refractivity (Wildman–Crippen MR) is 125 cm³/mol. The lowest BCUT2D eigenvalue weighted by Crippen LogP contribution is -2.24. The number of ether oxygens (including phenoxy) is 1. The van der Waals surface area contributed by atoms with E-state index in [1.807, 2.05) is 0 Å². The number of cyclic esters (lactones) is 2. The highest BCUT2D eigenvalue weighted by Crippen LogP contribution is 1.97. The zero-order valence-electron chi connectivity index (χ0n) is 20.6. The number of aliphatic carboxylic acids is 3. The van der Waals surface area contributed by atoms with Crippen molar-refractivity contribution in [1.82, 2.24) is 4.90 Å². The third kappa shape index (κ3) is 35.7. The normalized spacial score (nSPS) is 12.3. The molecule has 0 bridgehead atoms. The van der Waals surface area contributed by atoms with Crippen molar-refractivity contribution in [1.29, 1.82) is 0 Å². The van der Waals surface area contributed by atoms with Crippen molar-refractivity contribution in [3.05, 3.63) is 48.6 Å². The highest BCUT2D eigenvalue weighted by atomic mass is 16.6. The van der Waals surface area contributed by atoms with Crippen LogP contribution in [-0.4, -0.2) is 87.5 Å². The second-order valence-electron chi connectivity index (χ2n) is 5.73. The molecule has 204 valence electrons. The van der Waals surface area contributed by atoms with E-state index in [4.69, 9.17) is 20.1 Å². The van der Waals surface area contributed by atoms with Gasteiger partial charge in [0.25, 0.3) is 17.8 Å². The number of rotatable bonds is 4. The van der Waals surface area contributed by atoms with Crippen LogP contribution in [0.4, 0.5) is 0 Å². The van der Waals surface area contributed by atoms with Gasteiger partial charge in [0.2, 0.25) is 0 Å². The average molecular weight is 528 g/mol. The standard InChI is InChI=1S/C5H5NO2.2C5H6O3.C4H2O3.C2H4O2.CH5N/c1-6-4(7)2-3-5(6)8;2*1-4(6)2-3-5(7)8;5-3-1-2-4(6)7-3;1-2(3)4;1-2/h2-3H,1H3;2*2-3H,1H3,(H,7,8);1-2H;1H3,(H,3,4);2H2,1H3/b;2*3-2-;;;. The molecular weight excluding hydrogens is 500 g/mol. The summed E-state index contributed by atoms with van der Waals surface area (Å²) < 4.78 is 3.97. The number of nitrogens with zero attached hydrogens (tertiary/aromatic N) is 1. The molecule has 2 heterocycles. The third-order valence-electron chi connectivity index (χ3n) is 2.51. The van der Waals surface area contributed by atoms with Crippen LogP contribution >= 0.6 is 0 Å². The average Bonchev–Trinajstić information content (AvgIpc) is 3.31. The van der Waals surface area contributed by atoms with Crippen molar-refractivity contribution in [2.24, 2.45) is 5.73 Å². The van der Waals surface area contributed by atoms with E-state index in [-0.39, 0.29) is 23.4 Å². The molecule has 2 rings (SSSR count). The van der Waals surface area contributed by atoms with Gasteiger partial charge in [-0.15, -0.1) is 0 Å². The van der Waals surface area contributed by atoms with Crippen molar-refractivity contribution in [2.45, 2.75) is 20.8 Å². The highest BCUT2D eigenvalue weighted by Gasteiger charge is 2.17. The maximum Gasteiger partial charge on any atom is 0.338 e. The van der Waals surface area contributed by atoms with Gasteiger partial charge in [-0.1, -0.05) is 0 Å². The molecule has 0 spiro atoms. The molecule has 37 heavy (non-hydrogen) atoms. The number of likely N-dealkylation sites (N-methyl/N-ethyl adjacent to an activating group) is 1. The number of carboxylic acid groups (broad SMARTS) is 3. The SMILES string of the molecule is CC(=O)/C=C\C(=O)O.CC(=O)/C=C\C(=O)O.CC(=O)O.CN.CN1C(=O)C=CC1=O.O=C1C=CC(=O)O1. The van der Waals surface area contributed by atoms with Gasteiger partial charge in [-0.2, -0.15) is 0 Å². The van der Waals surface area contributed by atoms with Crippen molar-refractivity contribution in [2.75, 3.05) is 14.1 Å². The molecule has 5 N–H and O–H groups in total. The van der Waals surface area contributed by atoms with Crippen molar-refractivity contribution in [3.8, 4) is 0 Å². The highest BCUT2D eigenvalue weighted by molar-refractivity contribution is 6.12. The Morgan fingerprint density at radius 3 is 1.03 bits per heavy atom. The van der Waals surface area contributed by atoms with Crippen molar-refractivity contribution >= 4 is 53.2 Å². The first-order valence-electron chi connectivity index (χ1n) is 9.53. The van der Waals surface area contributed by atoms with E-state index in [0.29, 0.717) is 0 Å². The number of ketones is 2. The molecule has 0 aromatic rings. The third-order valence-corrected chi connectivity index (χ3v) is 2.51. The van der Waals surface area contributed by atoms with Crippen LogP contribution in [0.1, 0.15) is 20.8 Å². The summed E-state index contributed by atoms with van der Waals surface area (Å²) in [6.45, 7) is 3.67. The van der Waals surface area contributed by atoms with Crippen molar-refractivity contribution < 1.29 is 63.2 Å². The van der Waals surface area contributed by atoms with E-state index in [9.17, 15) is 38.4 Å². The quantitative estimate of drug-likeness (QED) is 0.152. The molecule has 15 nitrogen and oxygen atoms in total. The van der Waals surface area contributed by atoms with Crippen LogP contribution in [0.15, 0.2) is 48.6 Å². The summed E-state index contributed by atoms with van der Waals surface area (Å²) in [5.74, 6) is -5.18. The lowest BCUT2D eigenvalue weighted by molar-refractivity contribution is -0.150. The van der Waals surface area contributed by atoms with Crippen LogP contribution in [0.3, 0.4) is 0 Å². The Kier molecular flexibility index (Phi) is 25.5. The molecule has 2 amide bonds. The van der Waals surface area contributed by atoms with Crippen LogP contribution in [-0.2, 0) is 47.9 Å². The summed E-state index contributed by atoms with van der Waals surface area (Å²) >= 11 is 0.